The highest BCUT2D eigenvalue weighted by atomic mass is 32.2. The van der Waals surface area contributed by atoms with Crippen molar-refractivity contribution >= 4 is 21.7 Å². The number of carbonyl (C=O) groups is 1. The second-order valence-electron chi connectivity index (χ2n) is 5.11. The van der Waals surface area contributed by atoms with E-state index in [1.165, 1.54) is 7.11 Å². The second kappa shape index (κ2) is 6.96. The van der Waals surface area contributed by atoms with Gasteiger partial charge in [-0.15, -0.1) is 0 Å². The molecule has 0 saturated heterocycles. The van der Waals surface area contributed by atoms with Crippen molar-refractivity contribution in [2.24, 2.45) is 0 Å². The number of sulfonamides is 1. The van der Waals surface area contributed by atoms with E-state index in [2.05, 4.69) is 9.71 Å². The van der Waals surface area contributed by atoms with Crippen molar-refractivity contribution in [1.82, 2.24) is 4.98 Å². The SMILES string of the molecule is CCOC(=O)c1c(C)[nH]c(C)c1S(=O)(=O)Nc1ccccc1OC. The second-order valence-corrected chi connectivity index (χ2v) is 6.72. The van der Waals surface area contributed by atoms with Gasteiger partial charge in [0, 0.05) is 11.4 Å². The maximum Gasteiger partial charge on any atom is 0.341 e. The van der Waals surface area contributed by atoms with E-state index in [-0.39, 0.29) is 22.8 Å². The Morgan fingerprint density at radius 1 is 1.21 bits per heavy atom. The summed E-state index contributed by atoms with van der Waals surface area (Å²) in [6.45, 7) is 5.03. The number of aromatic nitrogens is 1. The van der Waals surface area contributed by atoms with Gasteiger partial charge in [-0.2, -0.15) is 0 Å². The molecule has 1 aromatic heterocycles. The third-order valence-electron chi connectivity index (χ3n) is 3.42. The monoisotopic (exact) mass is 352 g/mol. The molecule has 0 saturated carbocycles. The fourth-order valence-electron chi connectivity index (χ4n) is 2.47. The lowest BCUT2D eigenvalue weighted by atomic mass is 10.2. The molecule has 0 radical (unpaired) electrons. The zero-order chi connectivity index (χ0) is 17.9. The Labute approximate surface area is 141 Å². The Morgan fingerprint density at radius 2 is 1.88 bits per heavy atom. The maximum absolute atomic E-state index is 12.8. The Kier molecular flexibility index (Phi) is 5.18. The van der Waals surface area contributed by atoms with Gasteiger partial charge in [-0.1, -0.05) is 12.1 Å². The third-order valence-corrected chi connectivity index (χ3v) is 4.95. The largest absolute Gasteiger partial charge is 0.495 e. The van der Waals surface area contributed by atoms with E-state index in [0.717, 1.165) is 0 Å². The molecular formula is C16H20N2O5S. The van der Waals surface area contributed by atoms with E-state index in [9.17, 15) is 13.2 Å². The van der Waals surface area contributed by atoms with Crippen LogP contribution in [0, 0.1) is 13.8 Å². The van der Waals surface area contributed by atoms with Crippen LogP contribution < -0.4 is 9.46 Å². The molecule has 1 heterocycles. The molecule has 0 aliphatic rings. The number of benzene rings is 1. The van der Waals surface area contributed by atoms with Crippen LogP contribution in [-0.2, 0) is 14.8 Å². The fourth-order valence-corrected chi connectivity index (χ4v) is 3.99. The van der Waals surface area contributed by atoms with Crippen molar-refractivity contribution in [2.45, 2.75) is 25.7 Å². The van der Waals surface area contributed by atoms with E-state index in [4.69, 9.17) is 9.47 Å². The summed E-state index contributed by atoms with van der Waals surface area (Å²) in [5.74, 6) is -0.302. The minimum Gasteiger partial charge on any atom is -0.495 e. The minimum atomic E-state index is -4.01. The number of esters is 1. The number of anilines is 1. The van der Waals surface area contributed by atoms with Crippen molar-refractivity contribution < 1.29 is 22.7 Å². The molecule has 0 fully saturated rings. The average Bonchev–Trinajstić information content (AvgIpc) is 2.83. The lowest BCUT2D eigenvalue weighted by Crippen LogP contribution is -2.18. The van der Waals surface area contributed by atoms with Crippen LogP contribution in [0.3, 0.4) is 0 Å². The summed E-state index contributed by atoms with van der Waals surface area (Å²) in [4.78, 5) is 14.9. The molecule has 0 aliphatic heterocycles. The predicted octanol–water partition coefficient (Wildman–Crippen LogP) is 2.62. The van der Waals surface area contributed by atoms with Crippen LogP contribution >= 0.6 is 0 Å². The molecule has 24 heavy (non-hydrogen) atoms. The molecular weight excluding hydrogens is 332 g/mol. The van der Waals surface area contributed by atoms with Crippen molar-refractivity contribution in [2.75, 3.05) is 18.4 Å². The molecule has 0 bridgehead atoms. The smallest absolute Gasteiger partial charge is 0.341 e. The van der Waals surface area contributed by atoms with Crippen LogP contribution in [0.25, 0.3) is 0 Å². The first-order valence-corrected chi connectivity index (χ1v) is 8.82. The molecule has 7 nitrogen and oxygen atoms in total. The highest BCUT2D eigenvalue weighted by Gasteiger charge is 2.30. The van der Waals surface area contributed by atoms with Gasteiger partial charge in [0.2, 0.25) is 0 Å². The molecule has 0 amide bonds. The number of methoxy groups -OCH3 is 1. The van der Waals surface area contributed by atoms with Crippen LogP contribution in [-0.4, -0.2) is 33.1 Å². The number of nitrogens with one attached hydrogen (secondary N) is 2. The quantitative estimate of drug-likeness (QED) is 0.779. The number of carbonyl (C=O) groups excluding carboxylic acids is 1. The lowest BCUT2D eigenvalue weighted by molar-refractivity contribution is 0.0521. The number of para-hydroxylation sites is 2. The number of hydrogen-bond acceptors (Lipinski definition) is 5. The molecule has 2 N–H and O–H groups in total. The zero-order valence-electron chi connectivity index (χ0n) is 14.0. The summed E-state index contributed by atoms with van der Waals surface area (Å²) in [5.41, 5.74) is 1.09. The van der Waals surface area contributed by atoms with Gasteiger partial charge in [-0.3, -0.25) is 4.72 Å². The standard InChI is InChI=1S/C16H20N2O5S/c1-5-23-16(19)14-10(2)17-11(3)15(14)24(20,21)18-12-8-6-7-9-13(12)22-4/h6-9,17-18H,5H2,1-4H3. The molecule has 0 atom stereocenters. The van der Waals surface area contributed by atoms with Gasteiger partial charge in [0.05, 0.1) is 19.4 Å². The van der Waals surface area contributed by atoms with Crippen LogP contribution in [0.2, 0.25) is 0 Å². The molecule has 130 valence electrons. The zero-order valence-corrected chi connectivity index (χ0v) is 14.8. The summed E-state index contributed by atoms with van der Waals surface area (Å²) in [7, 11) is -2.56. The summed E-state index contributed by atoms with van der Waals surface area (Å²) >= 11 is 0. The van der Waals surface area contributed by atoms with Gasteiger partial charge in [0.25, 0.3) is 10.0 Å². The first kappa shape index (κ1) is 17.9. The lowest BCUT2D eigenvalue weighted by Gasteiger charge is -2.12. The molecule has 8 heteroatoms. The van der Waals surface area contributed by atoms with Gasteiger partial charge < -0.3 is 14.5 Å². The third kappa shape index (κ3) is 3.38. The summed E-state index contributed by atoms with van der Waals surface area (Å²) in [6.07, 6.45) is 0. The average molecular weight is 352 g/mol. The molecule has 0 spiro atoms. The highest BCUT2D eigenvalue weighted by Crippen LogP contribution is 2.30. The van der Waals surface area contributed by atoms with Crippen LogP contribution in [0.1, 0.15) is 28.7 Å². The number of hydrogen-bond donors (Lipinski definition) is 2. The van der Waals surface area contributed by atoms with Crippen LogP contribution in [0.4, 0.5) is 5.69 Å². The highest BCUT2D eigenvalue weighted by molar-refractivity contribution is 7.92. The summed E-state index contributed by atoms with van der Waals surface area (Å²) in [6, 6.07) is 6.63. The van der Waals surface area contributed by atoms with E-state index in [1.807, 2.05) is 0 Å². The number of aryl methyl sites for hydroxylation is 2. The Balaban J connectivity index is 2.52. The first-order valence-electron chi connectivity index (χ1n) is 7.34. The number of aromatic amines is 1. The Hall–Kier alpha value is -2.48. The van der Waals surface area contributed by atoms with E-state index >= 15 is 0 Å². The summed E-state index contributed by atoms with van der Waals surface area (Å²) in [5, 5.41) is 0. The van der Waals surface area contributed by atoms with Crippen molar-refractivity contribution in [3.63, 3.8) is 0 Å². The molecule has 0 unspecified atom stereocenters. The van der Waals surface area contributed by atoms with E-state index < -0.39 is 16.0 Å². The molecule has 2 rings (SSSR count). The van der Waals surface area contributed by atoms with Gasteiger partial charge in [-0.25, -0.2) is 13.2 Å². The minimum absolute atomic E-state index is 0.0109. The van der Waals surface area contributed by atoms with Gasteiger partial charge in [0.15, 0.2) is 0 Å². The first-order chi connectivity index (χ1) is 11.3. The van der Waals surface area contributed by atoms with Gasteiger partial charge in [-0.05, 0) is 32.9 Å². The van der Waals surface area contributed by atoms with Crippen molar-refractivity contribution in [3.8, 4) is 5.75 Å². The number of ether oxygens (including phenoxy) is 2. The van der Waals surface area contributed by atoms with E-state index in [0.29, 0.717) is 17.1 Å². The maximum atomic E-state index is 12.8. The molecule has 0 aliphatic carbocycles. The molecule has 1 aromatic carbocycles. The normalized spacial score (nSPS) is 11.2. The van der Waals surface area contributed by atoms with Crippen molar-refractivity contribution in [3.05, 3.63) is 41.2 Å². The van der Waals surface area contributed by atoms with Crippen molar-refractivity contribution in [1.29, 1.82) is 0 Å². The van der Waals surface area contributed by atoms with Gasteiger partial charge >= 0.3 is 5.97 Å². The van der Waals surface area contributed by atoms with Crippen LogP contribution in [0.15, 0.2) is 29.2 Å². The van der Waals surface area contributed by atoms with E-state index in [1.54, 1.807) is 45.0 Å². The topological polar surface area (TPSA) is 97.5 Å². The number of H-pyrrole nitrogens is 1. The Bertz CT molecular complexity index is 855. The fraction of sp³-hybridized carbons (Fsp3) is 0.312. The number of rotatable bonds is 6. The predicted molar refractivity (Wildman–Crippen MR) is 90.0 cm³/mol. The summed E-state index contributed by atoms with van der Waals surface area (Å²) < 4.78 is 38.3. The molecule has 2 aromatic rings. The van der Waals surface area contributed by atoms with Crippen LogP contribution in [0.5, 0.6) is 5.75 Å². The van der Waals surface area contributed by atoms with Gasteiger partial charge in [0.1, 0.15) is 16.2 Å². The Morgan fingerprint density at radius 3 is 2.50 bits per heavy atom.